The van der Waals surface area contributed by atoms with Crippen LogP contribution >= 0.6 is 11.6 Å². The number of nitrogens with zero attached hydrogens (tertiary/aromatic N) is 7. The fourth-order valence-corrected chi connectivity index (χ4v) is 6.66. The van der Waals surface area contributed by atoms with E-state index in [-0.39, 0.29) is 31.2 Å². The van der Waals surface area contributed by atoms with E-state index in [1.807, 2.05) is 0 Å². The Labute approximate surface area is 301 Å². The molecule has 4 heterocycles. The first kappa shape index (κ1) is 34.2. The molecule has 5 amide bonds. The Morgan fingerprint density at radius 1 is 0.846 bits per heavy atom. The molecule has 16 nitrogen and oxygen atoms in total. The summed E-state index contributed by atoms with van der Waals surface area (Å²) in [5, 5.41) is 27.3. The maximum absolute atomic E-state index is 14.1. The highest BCUT2D eigenvalue weighted by Gasteiger charge is 2.40. The van der Waals surface area contributed by atoms with E-state index in [9.17, 15) is 29.1 Å². The predicted octanol–water partition coefficient (Wildman–Crippen LogP) is 3.94. The van der Waals surface area contributed by atoms with Crippen LogP contribution in [0.3, 0.4) is 0 Å². The van der Waals surface area contributed by atoms with Gasteiger partial charge < -0.3 is 35.4 Å². The number of carboxylic acids is 1. The molecule has 7 rings (SSSR count). The summed E-state index contributed by atoms with van der Waals surface area (Å²) in [5.41, 5.74) is 2.95. The van der Waals surface area contributed by atoms with E-state index in [1.165, 1.54) is 26.9 Å². The normalized spacial score (nSPS) is 15.5. The van der Waals surface area contributed by atoms with Crippen molar-refractivity contribution in [3.05, 3.63) is 89.3 Å². The van der Waals surface area contributed by atoms with Crippen molar-refractivity contribution in [2.75, 3.05) is 41.7 Å². The quantitative estimate of drug-likeness (QED) is 0.163. The summed E-state index contributed by atoms with van der Waals surface area (Å²) in [5.74, 6) is -3.44. The molecule has 2 aromatic heterocycles. The third kappa shape index (κ3) is 7.14. The van der Waals surface area contributed by atoms with Crippen LogP contribution in [0, 0.1) is 0 Å². The smallest absolute Gasteiger partial charge is 0.352 e. The highest BCUT2D eigenvalue weighted by Crippen LogP contribution is 2.30. The Balaban J connectivity index is 1.14. The summed E-state index contributed by atoms with van der Waals surface area (Å²) in [4.78, 5) is 73.1. The minimum atomic E-state index is -1.12. The number of halogens is 1. The van der Waals surface area contributed by atoms with Gasteiger partial charge in [0.1, 0.15) is 18.1 Å². The number of carbonyl (C=O) groups excluding carboxylic acids is 4. The van der Waals surface area contributed by atoms with Crippen molar-refractivity contribution in [3.8, 4) is 5.69 Å². The highest BCUT2D eigenvalue weighted by atomic mass is 35.5. The summed E-state index contributed by atoms with van der Waals surface area (Å²) in [7, 11) is 0. The molecule has 0 unspecified atom stereocenters. The van der Waals surface area contributed by atoms with Crippen molar-refractivity contribution in [3.63, 3.8) is 0 Å². The molecule has 2 aliphatic heterocycles. The number of aromatic carboxylic acids is 1. The number of H-pyrrole nitrogens is 1. The first-order valence-corrected chi connectivity index (χ1v) is 17.0. The largest absolute Gasteiger partial charge is 0.477 e. The molecule has 52 heavy (non-hydrogen) atoms. The van der Waals surface area contributed by atoms with Gasteiger partial charge in [-0.2, -0.15) is 4.68 Å². The second-order valence-corrected chi connectivity index (χ2v) is 13.0. The van der Waals surface area contributed by atoms with Crippen molar-refractivity contribution in [2.24, 2.45) is 0 Å². The standard InChI is InChI=1S/C35H33ClN10O6/c36-23-6-11-28(46-20-37-41-42-46)29(19-23)44-14-15-45(33(49)32(44)48)30(31(47)38-25-9-10-26-22(17-25)18-27(40-26)34(50)51)16-21-4-7-24(8-5-21)39-35(52)43-12-2-1-3-13-43/h4-11,17-20,30,40H,1-3,12-16H2,(H,38,47)(H,39,52)(H,50,51)/t30-/m0/s1. The Morgan fingerprint density at radius 2 is 1.62 bits per heavy atom. The van der Waals surface area contributed by atoms with Gasteiger partial charge in [-0.1, -0.05) is 23.7 Å². The average Bonchev–Trinajstić information content (AvgIpc) is 3.84. The molecule has 0 spiro atoms. The molecule has 17 heteroatoms. The number of anilines is 3. The number of nitrogens with one attached hydrogen (secondary N) is 3. The van der Waals surface area contributed by atoms with E-state index in [4.69, 9.17) is 11.6 Å². The summed E-state index contributed by atoms with van der Waals surface area (Å²) in [6.45, 7) is 1.45. The topological polar surface area (TPSA) is 199 Å². The Kier molecular flexibility index (Phi) is 9.54. The summed E-state index contributed by atoms with van der Waals surface area (Å²) in [6, 6.07) is 16.8. The van der Waals surface area contributed by atoms with Crippen LogP contribution in [-0.2, 0) is 20.8 Å². The number of likely N-dealkylation sites (tertiary alicyclic amines) is 1. The molecule has 2 saturated heterocycles. The number of urea groups is 1. The molecule has 266 valence electrons. The maximum Gasteiger partial charge on any atom is 0.352 e. The fourth-order valence-electron chi connectivity index (χ4n) is 6.50. The number of piperidine rings is 1. The minimum absolute atomic E-state index is 0.00292. The molecule has 0 bridgehead atoms. The van der Waals surface area contributed by atoms with Crippen molar-refractivity contribution in [1.82, 2.24) is 35.0 Å². The second-order valence-electron chi connectivity index (χ2n) is 12.5. The summed E-state index contributed by atoms with van der Waals surface area (Å²) < 4.78 is 1.35. The molecule has 4 N–H and O–H groups in total. The molecule has 5 aromatic rings. The van der Waals surface area contributed by atoms with Crippen LogP contribution in [0.5, 0.6) is 0 Å². The molecule has 0 radical (unpaired) electrons. The van der Waals surface area contributed by atoms with Gasteiger partial charge in [-0.3, -0.25) is 14.4 Å². The van der Waals surface area contributed by atoms with Crippen LogP contribution in [0.25, 0.3) is 16.6 Å². The number of carbonyl (C=O) groups is 5. The molecule has 2 aliphatic rings. The van der Waals surface area contributed by atoms with Crippen LogP contribution in [0.15, 0.2) is 73.1 Å². The number of piperazine rings is 1. The Morgan fingerprint density at radius 3 is 2.35 bits per heavy atom. The summed E-state index contributed by atoms with van der Waals surface area (Å²) in [6.07, 6.45) is 4.44. The van der Waals surface area contributed by atoms with Crippen LogP contribution < -0.4 is 15.5 Å². The number of amides is 5. The lowest BCUT2D eigenvalue weighted by atomic mass is 10.0. The number of benzene rings is 3. The van der Waals surface area contributed by atoms with E-state index in [1.54, 1.807) is 65.6 Å². The van der Waals surface area contributed by atoms with Gasteiger partial charge in [0.15, 0.2) is 0 Å². The molecular formula is C35H33ClN10O6. The zero-order valence-corrected chi connectivity index (χ0v) is 28.4. The Hall–Kier alpha value is -6.29. The summed E-state index contributed by atoms with van der Waals surface area (Å²) >= 11 is 6.30. The third-order valence-electron chi connectivity index (χ3n) is 9.15. The fraction of sp³-hybridized carbons (Fsp3) is 0.257. The van der Waals surface area contributed by atoms with Gasteiger partial charge in [0, 0.05) is 59.9 Å². The minimum Gasteiger partial charge on any atom is -0.477 e. The van der Waals surface area contributed by atoms with Crippen LogP contribution in [0.1, 0.15) is 35.3 Å². The zero-order valence-electron chi connectivity index (χ0n) is 27.7. The monoisotopic (exact) mass is 724 g/mol. The Bertz CT molecular complexity index is 2160. The average molecular weight is 725 g/mol. The lowest BCUT2D eigenvalue weighted by Crippen LogP contribution is -2.60. The van der Waals surface area contributed by atoms with Gasteiger partial charge in [-0.05, 0) is 89.8 Å². The number of hydrogen-bond donors (Lipinski definition) is 4. The van der Waals surface area contributed by atoms with Crippen LogP contribution in [0.4, 0.5) is 21.9 Å². The second kappa shape index (κ2) is 14.5. The first-order valence-electron chi connectivity index (χ1n) is 16.6. The van der Waals surface area contributed by atoms with Gasteiger partial charge in [0.25, 0.3) is 0 Å². The van der Waals surface area contributed by atoms with Crippen LogP contribution in [-0.4, -0.2) is 102 Å². The van der Waals surface area contributed by atoms with E-state index in [2.05, 4.69) is 31.1 Å². The number of rotatable bonds is 9. The number of hydrogen-bond acceptors (Lipinski definition) is 8. The maximum atomic E-state index is 14.1. The number of tetrazole rings is 1. The molecule has 1 atom stereocenters. The van der Waals surface area contributed by atoms with Crippen LogP contribution in [0.2, 0.25) is 5.02 Å². The van der Waals surface area contributed by atoms with Gasteiger partial charge in [0.05, 0.1) is 11.4 Å². The van der Waals surface area contributed by atoms with E-state index < -0.39 is 29.7 Å². The number of carboxylic acid groups (broad SMARTS) is 1. The zero-order chi connectivity index (χ0) is 36.4. The number of fused-ring (bicyclic) bond motifs is 1. The molecule has 3 aromatic carbocycles. The first-order chi connectivity index (χ1) is 25.1. The van der Waals surface area contributed by atoms with Crippen molar-refractivity contribution in [2.45, 2.75) is 31.7 Å². The van der Waals surface area contributed by atoms with Crippen molar-refractivity contribution < 1.29 is 29.1 Å². The van der Waals surface area contributed by atoms with Gasteiger partial charge >= 0.3 is 23.8 Å². The lowest BCUT2D eigenvalue weighted by Gasteiger charge is -2.38. The molecule has 0 aliphatic carbocycles. The van der Waals surface area contributed by atoms with Gasteiger partial charge in [-0.15, -0.1) is 5.10 Å². The third-order valence-corrected chi connectivity index (χ3v) is 9.39. The van der Waals surface area contributed by atoms with E-state index in [0.29, 0.717) is 57.3 Å². The molecule has 0 saturated carbocycles. The van der Waals surface area contributed by atoms with Gasteiger partial charge in [0.2, 0.25) is 5.91 Å². The molecule has 2 fully saturated rings. The van der Waals surface area contributed by atoms with Crippen molar-refractivity contribution in [1.29, 1.82) is 0 Å². The molecular weight excluding hydrogens is 692 g/mol. The lowest BCUT2D eigenvalue weighted by molar-refractivity contribution is -0.149. The number of aromatic amines is 1. The highest BCUT2D eigenvalue weighted by molar-refractivity contribution is 6.41. The van der Waals surface area contributed by atoms with E-state index >= 15 is 0 Å². The van der Waals surface area contributed by atoms with Gasteiger partial charge in [-0.25, -0.2) is 9.59 Å². The van der Waals surface area contributed by atoms with E-state index in [0.717, 1.165) is 19.3 Å². The van der Waals surface area contributed by atoms with Crippen molar-refractivity contribution >= 4 is 69.3 Å². The number of aromatic nitrogens is 5. The SMILES string of the molecule is O=C(O)c1cc2cc(NC(=O)[C@H](Cc3ccc(NC(=O)N4CCCCC4)cc3)N3CCN(c4cc(Cl)ccc4-n4cnnn4)C(=O)C3=O)ccc2[nH]1. The predicted molar refractivity (Wildman–Crippen MR) is 190 cm³/mol.